The Balaban J connectivity index is 1.38. The SMILES string of the molecule is N#Cc1ccc2c(N[C@H]3CCN(CC(=O)N4C[C@@H](F)CC4C#N)C3)cccc2n1. The molecule has 2 aromatic rings. The second-order valence-corrected chi connectivity index (χ2v) is 7.57. The van der Waals surface area contributed by atoms with Crippen LogP contribution >= 0.6 is 0 Å². The van der Waals surface area contributed by atoms with Crippen molar-refractivity contribution in [3.8, 4) is 12.1 Å². The predicted molar refractivity (Wildman–Crippen MR) is 106 cm³/mol. The molecule has 0 radical (unpaired) electrons. The molecule has 148 valence electrons. The maximum atomic E-state index is 13.6. The number of nitrogens with one attached hydrogen (secondary N) is 1. The average molecular weight is 392 g/mol. The van der Waals surface area contributed by atoms with E-state index in [0.29, 0.717) is 12.2 Å². The molecule has 2 saturated heterocycles. The van der Waals surface area contributed by atoms with Crippen molar-refractivity contribution < 1.29 is 9.18 Å². The van der Waals surface area contributed by atoms with Crippen LogP contribution in [-0.4, -0.2) is 65.1 Å². The molecule has 1 unspecified atom stereocenters. The molecule has 0 spiro atoms. The Kier molecular flexibility index (Phi) is 5.28. The zero-order chi connectivity index (χ0) is 20.4. The van der Waals surface area contributed by atoms with Gasteiger partial charge in [-0.2, -0.15) is 10.5 Å². The van der Waals surface area contributed by atoms with Crippen molar-refractivity contribution in [3.05, 3.63) is 36.0 Å². The summed E-state index contributed by atoms with van der Waals surface area (Å²) in [5.41, 5.74) is 2.09. The number of halogens is 1. The second kappa shape index (κ2) is 8.02. The summed E-state index contributed by atoms with van der Waals surface area (Å²) in [7, 11) is 0. The fraction of sp³-hybridized carbons (Fsp3) is 0.429. The number of carbonyl (C=O) groups is 1. The lowest BCUT2D eigenvalue weighted by atomic mass is 10.1. The summed E-state index contributed by atoms with van der Waals surface area (Å²) in [6.45, 7) is 1.66. The van der Waals surface area contributed by atoms with Crippen molar-refractivity contribution in [3.63, 3.8) is 0 Å². The number of hydrogen-bond acceptors (Lipinski definition) is 6. The van der Waals surface area contributed by atoms with E-state index in [9.17, 15) is 9.18 Å². The van der Waals surface area contributed by atoms with Crippen molar-refractivity contribution in [1.82, 2.24) is 14.8 Å². The first-order valence-electron chi connectivity index (χ1n) is 9.69. The maximum Gasteiger partial charge on any atom is 0.237 e. The van der Waals surface area contributed by atoms with Crippen LogP contribution in [0.2, 0.25) is 0 Å². The van der Waals surface area contributed by atoms with Crippen LogP contribution in [0.5, 0.6) is 0 Å². The van der Waals surface area contributed by atoms with Gasteiger partial charge in [0.15, 0.2) is 0 Å². The van der Waals surface area contributed by atoms with Crippen LogP contribution in [0, 0.1) is 22.7 Å². The van der Waals surface area contributed by atoms with Gasteiger partial charge in [-0.3, -0.25) is 9.69 Å². The molecule has 2 aliphatic rings. The van der Waals surface area contributed by atoms with Crippen molar-refractivity contribution >= 4 is 22.5 Å². The molecule has 2 aliphatic heterocycles. The normalized spacial score (nSPS) is 24.4. The first-order valence-corrected chi connectivity index (χ1v) is 9.69. The molecular formula is C21H21FN6O. The summed E-state index contributed by atoms with van der Waals surface area (Å²) >= 11 is 0. The Morgan fingerprint density at radius 1 is 1.28 bits per heavy atom. The molecule has 8 heteroatoms. The number of rotatable bonds is 4. The smallest absolute Gasteiger partial charge is 0.237 e. The van der Waals surface area contributed by atoms with Gasteiger partial charge in [-0.05, 0) is 30.7 Å². The Morgan fingerprint density at radius 2 is 2.14 bits per heavy atom. The molecule has 3 atom stereocenters. The van der Waals surface area contributed by atoms with Gasteiger partial charge in [0.05, 0.1) is 24.7 Å². The van der Waals surface area contributed by atoms with Crippen molar-refractivity contribution in [1.29, 1.82) is 10.5 Å². The van der Waals surface area contributed by atoms with Gasteiger partial charge in [0.2, 0.25) is 5.91 Å². The maximum absolute atomic E-state index is 13.6. The van der Waals surface area contributed by atoms with Crippen LogP contribution in [0.25, 0.3) is 10.9 Å². The fourth-order valence-electron chi connectivity index (χ4n) is 4.12. The third-order valence-corrected chi connectivity index (χ3v) is 5.56. The zero-order valence-electron chi connectivity index (χ0n) is 15.9. The third-order valence-electron chi connectivity index (χ3n) is 5.56. The van der Waals surface area contributed by atoms with E-state index in [2.05, 4.69) is 16.4 Å². The number of aromatic nitrogens is 1. The predicted octanol–water partition coefficient (Wildman–Crippen LogP) is 2.06. The largest absolute Gasteiger partial charge is 0.380 e. The summed E-state index contributed by atoms with van der Waals surface area (Å²) in [5, 5.41) is 22.6. The summed E-state index contributed by atoms with van der Waals surface area (Å²) in [6.07, 6.45) is -0.131. The van der Waals surface area contributed by atoms with Gasteiger partial charge in [0, 0.05) is 36.6 Å². The Hall–Kier alpha value is -3.23. The summed E-state index contributed by atoms with van der Waals surface area (Å²) in [4.78, 5) is 20.3. The van der Waals surface area contributed by atoms with Crippen LogP contribution < -0.4 is 5.32 Å². The fourth-order valence-corrected chi connectivity index (χ4v) is 4.12. The molecule has 4 rings (SSSR count). The zero-order valence-corrected chi connectivity index (χ0v) is 15.9. The van der Waals surface area contributed by atoms with E-state index in [0.717, 1.165) is 29.6 Å². The summed E-state index contributed by atoms with van der Waals surface area (Å²) < 4.78 is 13.6. The Labute approximate surface area is 168 Å². The van der Waals surface area contributed by atoms with Gasteiger partial charge in [0.1, 0.15) is 24.0 Å². The number of anilines is 1. The number of carbonyl (C=O) groups excluding carboxylic acids is 1. The number of likely N-dealkylation sites (tertiary alicyclic amines) is 2. The van der Waals surface area contributed by atoms with Crippen molar-refractivity contribution in [2.45, 2.75) is 31.1 Å². The number of amides is 1. The van der Waals surface area contributed by atoms with E-state index in [1.807, 2.05) is 35.2 Å². The van der Waals surface area contributed by atoms with Crippen LogP contribution in [0.15, 0.2) is 30.3 Å². The summed E-state index contributed by atoms with van der Waals surface area (Å²) in [6, 6.07) is 12.9. The minimum absolute atomic E-state index is 0.0142. The number of alkyl halides is 1. The first-order chi connectivity index (χ1) is 14.1. The van der Waals surface area contributed by atoms with E-state index in [4.69, 9.17) is 10.5 Å². The molecule has 3 heterocycles. The molecule has 2 fully saturated rings. The number of pyridine rings is 1. The van der Waals surface area contributed by atoms with Crippen molar-refractivity contribution in [2.75, 3.05) is 31.5 Å². The molecule has 29 heavy (non-hydrogen) atoms. The lowest BCUT2D eigenvalue weighted by Gasteiger charge is -2.23. The number of benzene rings is 1. The van der Waals surface area contributed by atoms with Crippen LogP contribution in [0.4, 0.5) is 10.1 Å². The highest BCUT2D eigenvalue weighted by Gasteiger charge is 2.36. The molecule has 0 aliphatic carbocycles. The van der Waals surface area contributed by atoms with Gasteiger partial charge in [-0.1, -0.05) is 6.07 Å². The van der Waals surface area contributed by atoms with E-state index >= 15 is 0 Å². The Bertz CT molecular complexity index is 1010. The standard InChI is InChI=1S/C21H21FN6O/c22-14-8-17(10-24)28(11-14)21(29)13-27-7-6-16(12-27)26-20-3-1-2-19-18(20)5-4-15(9-23)25-19/h1-5,14,16-17,26H,6-8,11-13H2/t14-,16-,17?/m0/s1. The van der Waals surface area contributed by atoms with E-state index in [-0.39, 0.29) is 31.5 Å². The number of hydrogen-bond donors (Lipinski definition) is 1. The quantitative estimate of drug-likeness (QED) is 0.856. The van der Waals surface area contributed by atoms with Crippen molar-refractivity contribution in [2.24, 2.45) is 0 Å². The highest BCUT2D eigenvalue weighted by atomic mass is 19.1. The van der Waals surface area contributed by atoms with E-state index in [1.54, 1.807) is 6.07 Å². The second-order valence-electron chi connectivity index (χ2n) is 7.57. The van der Waals surface area contributed by atoms with Gasteiger partial charge in [-0.25, -0.2) is 9.37 Å². The molecule has 1 aromatic carbocycles. The molecule has 0 saturated carbocycles. The monoisotopic (exact) mass is 392 g/mol. The molecule has 7 nitrogen and oxygen atoms in total. The molecular weight excluding hydrogens is 371 g/mol. The van der Waals surface area contributed by atoms with Gasteiger partial charge >= 0.3 is 0 Å². The molecule has 0 bridgehead atoms. The minimum atomic E-state index is -1.11. The van der Waals surface area contributed by atoms with Gasteiger partial charge in [0.25, 0.3) is 0 Å². The first kappa shape index (κ1) is 19.1. The number of fused-ring (bicyclic) bond motifs is 1. The van der Waals surface area contributed by atoms with Crippen LogP contribution in [-0.2, 0) is 4.79 Å². The molecule has 1 aromatic heterocycles. The average Bonchev–Trinajstić information content (AvgIpc) is 3.33. The lowest BCUT2D eigenvalue weighted by molar-refractivity contribution is -0.132. The minimum Gasteiger partial charge on any atom is -0.380 e. The Morgan fingerprint density at radius 3 is 2.93 bits per heavy atom. The highest BCUT2D eigenvalue weighted by Crippen LogP contribution is 2.25. The van der Waals surface area contributed by atoms with E-state index in [1.165, 1.54) is 4.90 Å². The highest BCUT2D eigenvalue weighted by molar-refractivity contribution is 5.91. The molecule has 1 amide bonds. The number of nitrogens with zero attached hydrogens (tertiary/aromatic N) is 5. The lowest BCUT2D eigenvalue weighted by Crippen LogP contribution is -2.42. The third kappa shape index (κ3) is 3.98. The van der Waals surface area contributed by atoms with Gasteiger partial charge < -0.3 is 10.2 Å². The van der Waals surface area contributed by atoms with Gasteiger partial charge in [-0.15, -0.1) is 0 Å². The summed E-state index contributed by atoms with van der Waals surface area (Å²) in [5.74, 6) is -0.184. The van der Waals surface area contributed by atoms with E-state index < -0.39 is 12.2 Å². The van der Waals surface area contributed by atoms with Crippen LogP contribution in [0.3, 0.4) is 0 Å². The molecule has 1 N–H and O–H groups in total. The van der Waals surface area contributed by atoms with Crippen LogP contribution in [0.1, 0.15) is 18.5 Å². The topological polar surface area (TPSA) is 96.0 Å². The number of nitriles is 2.